The maximum atomic E-state index is 13.5. The first kappa shape index (κ1) is 19.7. The number of piperidine rings is 1. The fraction of sp³-hybridized carbons (Fsp3) is 0.435. The van der Waals surface area contributed by atoms with Crippen LogP contribution in [0.1, 0.15) is 25.7 Å². The van der Waals surface area contributed by atoms with E-state index < -0.39 is 26.8 Å². The average Bonchev–Trinajstić information content (AvgIpc) is 3.62. The van der Waals surface area contributed by atoms with E-state index in [4.69, 9.17) is 4.74 Å². The third-order valence-corrected chi connectivity index (χ3v) is 8.17. The van der Waals surface area contributed by atoms with E-state index in [2.05, 4.69) is 5.32 Å². The molecule has 2 aromatic carbocycles. The molecular weight excluding hydrogens is 400 g/mol. The number of amides is 1. The standard InChI is InChI=1S/C23H26N2O4S/c26-21-22(29-23(12-14-24-15-13-23)16-25(21)19-8-9-19)30(27,28)20-10-6-18(7-11-20)17-4-2-1-3-5-17/h1-7,10-11,19,22,24H,8-9,12-16H2. The Kier molecular flexibility index (Phi) is 4.92. The quantitative estimate of drug-likeness (QED) is 0.813. The van der Waals surface area contributed by atoms with E-state index in [0.717, 1.165) is 37.1 Å². The van der Waals surface area contributed by atoms with Gasteiger partial charge < -0.3 is 15.0 Å². The van der Waals surface area contributed by atoms with Crippen molar-refractivity contribution in [2.24, 2.45) is 0 Å². The fourth-order valence-electron chi connectivity index (χ4n) is 4.48. The first-order valence-electron chi connectivity index (χ1n) is 10.6. The molecule has 3 aliphatic rings. The Hall–Kier alpha value is -2.22. The lowest BCUT2D eigenvalue weighted by Gasteiger charge is -2.47. The number of hydrogen-bond donors (Lipinski definition) is 1. The third-order valence-electron chi connectivity index (χ3n) is 6.37. The van der Waals surface area contributed by atoms with Crippen LogP contribution in [0, 0.1) is 0 Å². The van der Waals surface area contributed by atoms with Crippen LogP contribution in [0.15, 0.2) is 59.5 Å². The molecule has 30 heavy (non-hydrogen) atoms. The van der Waals surface area contributed by atoms with Gasteiger partial charge in [-0.1, -0.05) is 42.5 Å². The zero-order valence-corrected chi connectivity index (χ0v) is 17.6. The molecule has 0 bridgehead atoms. The molecule has 2 heterocycles. The van der Waals surface area contributed by atoms with E-state index in [-0.39, 0.29) is 10.9 Å². The Morgan fingerprint density at radius 2 is 1.57 bits per heavy atom. The highest BCUT2D eigenvalue weighted by atomic mass is 32.2. The minimum atomic E-state index is -3.96. The van der Waals surface area contributed by atoms with Gasteiger partial charge in [-0.2, -0.15) is 0 Å². The predicted molar refractivity (Wildman–Crippen MR) is 114 cm³/mol. The molecule has 1 atom stereocenters. The lowest BCUT2D eigenvalue weighted by molar-refractivity contribution is -0.176. The van der Waals surface area contributed by atoms with E-state index >= 15 is 0 Å². The molecule has 1 aliphatic carbocycles. The van der Waals surface area contributed by atoms with E-state index in [1.165, 1.54) is 0 Å². The van der Waals surface area contributed by atoms with Crippen LogP contribution in [0.2, 0.25) is 0 Å². The van der Waals surface area contributed by atoms with E-state index in [1.807, 2.05) is 30.3 Å². The SMILES string of the molecule is O=C1C(S(=O)(=O)c2ccc(-c3ccccc3)cc2)OC2(CCNCC2)CN1C1CC1. The fourth-order valence-corrected chi connectivity index (χ4v) is 5.97. The number of rotatable bonds is 4. The Bertz CT molecular complexity index is 1030. The predicted octanol–water partition coefficient (Wildman–Crippen LogP) is 2.60. The molecule has 1 spiro atoms. The highest BCUT2D eigenvalue weighted by molar-refractivity contribution is 7.92. The number of nitrogens with zero attached hydrogens (tertiary/aromatic N) is 1. The minimum absolute atomic E-state index is 0.127. The van der Waals surface area contributed by atoms with Crippen molar-refractivity contribution in [3.8, 4) is 11.1 Å². The number of benzene rings is 2. The van der Waals surface area contributed by atoms with Gasteiger partial charge in [0.1, 0.15) is 0 Å². The van der Waals surface area contributed by atoms with E-state index in [9.17, 15) is 13.2 Å². The van der Waals surface area contributed by atoms with Crippen molar-refractivity contribution < 1.29 is 17.9 Å². The van der Waals surface area contributed by atoms with Gasteiger partial charge in [-0.05, 0) is 62.0 Å². The summed E-state index contributed by atoms with van der Waals surface area (Å²) < 4.78 is 33.1. The number of nitrogens with one attached hydrogen (secondary N) is 1. The van der Waals surface area contributed by atoms with Crippen LogP contribution in [0.3, 0.4) is 0 Å². The molecule has 0 radical (unpaired) electrons. The normalized spacial score (nSPS) is 24.2. The van der Waals surface area contributed by atoms with Crippen LogP contribution < -0.4 is 5.32 Å². The Balaban J connectivity index is 1.46. The lowest BCUT2D eigenvalue weighted by atomic mass is 9.90. The molecule has 1 N–H and O–H groups in total. The molecule has 7 heteroatoms. The molecule has 2 aliphatic heterocycles. The number of morpholine rings is 1. The highest BCUT2D eigenvalue weighted by Gasteiger charge is 2.53. The molecule has 3 fully saturated rings. The Morgan fingerprint density at radius 3 is 2.20 bits per heavy atom. The molecule has 1 amide bonds. The molecule has 1 saturated carbocycles. The van der Waals surface area contributed by atoms with Crippen LogP contribution in [0.5, 0.6) is 0 Å². The van der Waals surface area contributed by atoms with Gasteiger partial charge in [0, 0.05) is 6.04 Å². The van der Waals surface area contributed by atoms with Gasteiger partial charge in [0.05, 0.1) is 17.0 Å². The number of carbonyl (C=O) groups is 1. The Morgan fingerprint density at radius 1 is 0.933 bits per heavy atom. The van der Waals surface area contributed by atoms with Crippen molar-refractivity contribution >= 4 is 15.7 Å². The topological polar surface area (TPSA) is 75.7 Å². The average molecular weight is 427 g/mol. The summed E-state index contributed by atoms with van der Waals surface area (Å²) in [7, 11) is -3.96. The number of hydrogen-bond acceptors (Lipinski definition) is 5. The monoisotopic (exact) mass is 426 g/mol. The summed E-state index contributed by atoms with van der Waals surface area (Å²) >= 11 is 0. The largest absolute Gasteiger partial charge is 0.345 e. The van der Waals surface area contributed by atoms with Crippen molar-refractivity contribution in [1.82, 2.24) is 10.2 Å². The van der Waals surface area contributed by atoms with Crippen molar-refractivity contribution in [1.29, 1.82) is 0 Å². The summed E-state index contributed by atoms with van der Waals surface area (Å²) in [6.07, 6.45) is 3.31. The second kappa shape index (κ2) is 7.48. The van der Waals surface area contributed by atoms with E-state index in [0.29, 0.717) is 19.4 Å². The first-order chi connectivity index (χ1) is 14.5. The summed E-state index contributed by atoms with van der Waals surface area (Å²) in [5, 5.41) is 3.30. The van der Waals surface area contributed by atoms with Gasteiger partial charge in [-0.25, -0.2) is 8.42 Å². The molecule has 0 aromatic heterocycles. The van der Waals surface area contributed by atoms with Gasteiger partial charge in [-0.15, -0.1) is 0 Å². The first-order valence-corrected chi connectivity index (χ1v) is 12.1. The Labute approximate surface area is 177 Å². The summed E-state index contributed by atoms with van der Waals surface area (Å²) in [6, 6.07) is 16.7. The summed E-state index contributed by atoms with van der Waals surface area (Å²) in [6.45, 7) is 2.04. The van der Waals surface area contributed by atoms with Crippen LogP contribution >= 0.6 is 0 Å². The van der Waals surface area contributed by atoms with Crippen LogP contribution in [0.25, 0.3) is 11.1 Å². The maximum Gasteiger partial charge on any atom is 0.268 e. The lowest BCUT2D eigenvalue weighted by Crippen LogP contribution is -2.63. The van der Waals surface area contributed by atoms with Gasteiger partial charge in [-0.3, -0.25) is 4.79 Å². The summed E-state index contributed by atoms with van der Waals surface area (Å²) in [4.78, 5) is 15.0. The highest BCUT2D eigenvalue weighted by Crippen LogP contribution is 2.39. The maximum absolute atomic E-state index is 13.5. The second-order valence-corrected chi connectivity index (χ2v) is 10.5. The molecule has 5 rings (SSSR count). The van der Waals surface area contributed by atoms with Crippen LogP contribution in [-0.4, -0.2) is 55.9 Å². The molecule has 158 valence electrons. The zero-order chi connectivity index (χ0) is 20.8. The third kappa shape index (κ3) is 3.55. The minimum Gasteiger partial charge on any atom is -0.345 e. The second-order valence-electron chi connectivity index (χ2n) is 8.52. The smallest absolute Gasteiger partial charge is 0.268 e. The molecule has 1 unspecified atom stereocenters. The van der Waals surface area contributed by atoms with Gasteiger partial charge in [0.15, 0.2) is 0 Å². The molecule has 6 nitrogen and oxygen atoms in total. The van der Waals surface area contributed by atoms with Crippen LogP contribution in [0.4, 0.5) is 0 Å². The molecule has 2 aromatic rings. The summed E-state index contributed by atoms with van der Waals surface area (Å²) in [5.41, 5.74) is -0.101. The summed E-state index contributed by atoms with van der Waals surface area (Å²) in [5.74, 6) is -0.409. The van der Waals surface area contributed by atoms with Gasteiger partial charge >= 0.3 is 0 Å². The number of sulfone groups is 1. The zero-order valence-electron chi connectivity index (χ0n) is 16.8. The van der Waals surface area contributed by atoms with Crippen molar-refractivity contribution in [3.63, 3.8) is 0 Å². The molecular formula is C23H26N2O4S. The van der Waals surface area contributed by atoms with Crippen molar-refractivity contribution in [3.05, 3.63) is 54.6 Å². The van der Waals surface area contributed by atoms with Crippen molar-refractivity contribution in [2.45, 2.75) is 47.7 Å². The number of carbonyl (C=O) groups excluding carboxylic acids is 1. The van der Waals surface area contributed by atoms with Gasteiger partial charge in [0.2, 0.25) is 15.3 Å². The van der Waals surface area contributed by atoms with Gasteiger partial charge in [0.25, 0.3) is 5.91 Å². The number of ether oxygens (including phenoxy) is 1. The van der Waals surface area contributed by atoms with Crippen molar-refractivity contribution in [2.75, 3.05) is 19.6 Å². The van der Waals surface area contributed by atoms with E-state index in [1.54, 1.807) is 29.2 Å². The van der Waals surface area contributed by atoms with Crippen LogP contribution in [-0.2, 0) is 19.4 Å². The molecule has 2 saturated heterocycles.